The molecule has 0 radical (unpaired) electrons. The van der Waals surface area contributed by atoms with Crippen LogP contribution in [-0.4, -0.2) is 24.8 Å². The molecule has 7 rings (SSSR count). The molecule has 0 aliphatic rings. The summed E-state index contributed by atoms with van der Waals surface area (Å²) in [5.41, 5.74) is 5.44. The fourth-order valence-electron chi connectivity index (χ4n) is 4.89. The topological polar surface area (TPSA) is 98.1 Å². The first-order valence-corrected chi connectivity index (χ1v) is 13.3. The van der Waals surface area contributed by atoms with Crippen molar-refractivity contribution >= 4 is 51.9 Å². The largest absolute Gasteiger partial charge is 0.425 e. The Kier molecular flexibility index (Phi) is 5.32. The van der Waals surface area contributed by atoms with E-state index in [0.29, 0.717) is 22.5 Å². The minimum atomic E-state index is -3.33. The molecule has 1 unspecified atom stereocenters. The van der Waals surface area contributed by atoms with Crippen LogP contribution < -0.4 is 4.52 Å². The van der Waals surface area contributed by atoms with Gasteiger partial charge in [-0.2, -0.15) is 0 Å². The maximum absolute atomic E-state index is 12.0. The molecule has 182 valence electrons. The summed E-state index contributed by atoms with van der Waals surface area (Å²) in [6.45, 7) is 0. The predicted molar refractivity (Wildman–Crippen MR) is 150 cm³/mol. The van der Waals surface area contributed by atoms with E-state index in [9.17, 15) is 9.46 Å². The van der Waals surface area contributed by atoms with Crippen molar-refractivity contribution in [1.82, 2.24) is 19.9 Å². The van der Waals surface area contributed by atoms with Crippen molar-refractivity contribution in [2.45, 2.75) is 0 Å². The van der Waals surface area contributed by atoms with Gasteiger partial charge in [-0.3, -0.25) is 9.97 Å². The van der Waals surface area contributed by atoms with E-state index in [2.05, 4.69) is 9.97 Å². The van der Waals surface area contributed by atoms with Crippen LogP contribution in [0.1, 0.15) is 0 Å². The van der Waals surface area contributed by atoms with Crippen LogP contribution in [0.25, 0.3) is 66.1 Å². The lowest BCUT2D eigenvalue weighted by Gasteiger charge is -2.15. The molecule has 0 aliphatic heterocycles. The first-order valence-electron chi connectivity index (χ1n) is 12.0. The normalized spacial score (nSPS) is 12.3. The molecule has 0 fully saturated rings. The smallest absolute Gasteiger partial charge is 0.365 e. The van der Waals surface area contributed by atoms with Crippen LogP contribution >= 0.6 is 8.25 Å². The SMILES string of the molecule is O=[PH](O)Oc1c(-c2ccc3ccc4cccnc4c3n2)cccc1-c1ccc2ccc3cccnc3c2n1. The number of aromatic nitrogens is 4. The van der Waals surface area contributed by atoms with Crippen molar-refractivity contribution in [3.05, 3.63) is 103 Å². The van der Waals surface area contributed by atoms with Gasteiger partial charge >= 0.3 is 8.25 Å². The Bertz CT molecular complexity index is 1920. The molecule has 0 saturated carbocycles. The van der Waals surface area contributed by atoms with Crippen molar-refractivity contribution in [3.8, 4) is 28.3 Å². The number of rotatable bonds is 4. The molecule has 0 saturated heterocycles. The van der Waals surface area contributed by atoms with E-state index in [0.717, 1.165) is 43.6 Å². The second kappa shape index (κ2) is 8.99. The Labute approximate surface area is 217 Å². The molecule has 7 nitrogen and oxygen atoms in total. The summed E-state index contributed by atoms with van der Waals surface area (Å²) in [6, 6.07) is 29.0. The van der Waals surface area contributed by atoms with Crippen LogP contribution in [0, 0.1) is 0 Å². The second-order valence-electron chi connectivity index (χ2n) is 8.87. The van der Waals surface area contributed by atoms with Crippen molar-refractivity contribution < 1.29 is 14.0 Å². The van der Waals surface area contributed by atoms with Gasteiger partial charge in [-0.25, -0.2) is 14.5 Å². The third-order valence-corrected chi connectivity index (χ3v) is 7.00. The average Bonchev–Trinajstić information content (AvgIpc) is 2.96. The van der Waals surface area contributed by atoms with Crippen LogP contribution in [0.15, 0.2) is 103 Å². The van der Waals surface area contributed by atoms with Crippen molar-refractivity contribution in [3.63, 3.8) is 0 Å². The van der Waals surface area contributed by atoms with Gasteiger partial charge in [-0.05, 0) is 36.4 Å². The van der Waals surface area contributed by atoms with E-state index >= 15 is 0 Å². The summed E-state index contributed by atoms with van der Waals surface area (Å²) in [7, 11) is -3.33. The summed E-state index contributed by atoms with van der Waals surface area (Å²) in [5, 5.41) is 3.86. The molecule has 0 amide bonds. The molecule has 0 bridgehead atoms. The molecule has 3 aromatic carbocycles. The lowest BCUT2D eigenvalue weighted by atomic mass is 10.0. The van der Waals surface area contributed by atoms with Gasteiger partial charge in [0.1, 0.15) is 5.75 Å². The Balaban J connectivity index is 1.46. The zero-order valence-corrected chi connectivity index (χ0v) is 20.9. The maximum Gasteiger partial charge on any atom is 0.365 e. The third-order valence-electron chi connectivity index (χ3n) is 6.62. The molecule has 4 aromatic heterocycles. The Hall–Kier alpha value is -4.71. The van der Waals surface area contributed by atoms with E-state index < -0.39 is 8.25 Å². The van der Waals surface area contributed by atoms with Crippen molar-refractivity contribution in [2.75, 3.05) is 0 Å². The zero-order valence-electron chi connectivity index (χ0n) is 19.9. The fraction of sp³-hybridized carbons (Fsp3) is 0. The van der Waals surface area contributed by atoms with Gasteiger partial charge in [0, 0.05) is 45.1 Å². The van der Waals surface area contributed by atoms with Gasteiger partial charge in [-0.1, -0.05) is 54.6 Å². The van der Waals surface area contributed by atoms with E-state index in [-0.39, 0.29) is 5.75 Å². The Morgan fingerprint density at radius 2 is 1.00 bits per heavy atom. The summed E-state index contributed by atoms with van der Waals surface area (Å²) >= 11 is 0. The second-order valence-corrected chi connectivity index (χ2v) is 9.60. The lowest BCUT2D eigenvalue weighted by Crippen LogP contribution is -1.95. The molecule has 1 N–H and O–H groups in total. The number of hydrogen-bond donors (Lipinski definition) is 1. The molecule has 0 spiro atoms. The highest BCUT2D eigenvalue weighted by atomic mass is 31.1. The standard InChI is InChI=1S/C30H19N4O3P/c35-38(36)37-30-22(24-14-12-20-10-8-18-4-2-16-31-26(18)28(20)33-24)6-1-7-23(30)25-15-13-21-11-9-19-5-3-17-32-27(19)29(21)34-25/h1-17,38H,(H,35,36). The van der Waals surface area contributed by atoms with Crippen LogP contribution in [0.4, 0.5) is 0 Å². The summed E-state index contributed by atoms with van der Waals surface area (Å²) in [5.74, 6) is 0.249. The predicted octanol–water partition coefficient (Wildman–Crippen LogP) is 6.97. The van der Waals surface area contributed by atoms with E-state index in [4.69, 9.17) is 14.5 Å². The number of benzene rings is 3. The first-order chi connectivity index (χ1) is 18.7. The quantitative estimate of drug-likeness (QED) is 0.200. The molecular weight excluding hydrogens is 495 g/mol. The van der Waals surface area contributed by atoms with Crippen molar-refractivity contribution in [2.24, 2.45) is 0 Å². The number of pyridine rings is 4. The van der Waals surface area contributed by atoms with Gasteiger partial charge in [0.25, 0.3) is 0 Å². The molecule has 38 heavy (non-hydrogen) atoms. The van der Waals surface area contributed by atoms with Crippen molar-refractivity contribution in [1.29, 1.82) is 0 Å². The molecule has 0 aliphatic carbocycles. The average molecular weight is 514 g/mol. The molecule has 4 heterocycles. The van der Waals surface area contributed by atoms with E-state index in [1.54, 1.807) is 12.4 Å². The number of hydrogen-bond acceptors (Lipinski definition) is 6. The lowest BCUT2D eigenvalue weighted by molar-refractivity contribution is 0.411. The molecular formula is C30H19N4O3P. The number of para-hydroxylation sites is 1. The van der Waals surface area contributed by atoms with Gasteiger partial charge in [-0.15, -0.1) is 0 Å². The van der Waals surface area contributed by atoms with Gasteiger partial charge in [0.15, 0.2) is 0 Å². The Morgan fingerprint density at radius 3 is 1.47 bits per heavy atom. The summed E-state index contributed by atoms with van der Waals surface area (Å²) < 4.78 is 17.6. The zero-order chi connectivity index (χ0) is 25.6. The van der Waals surface area contributed by atoms with Crippen LogP contribution in [-0.2, 0) is 4.57 Å². The minimum absolute atomic E-state index is 0.249. The third kappa shape index (κ3) is 3.77. The molecule has 8 heteroatoms. The highest BCUT2D eigenvalue weighted by Crippen LogP contribution is 2.42. The first kappa shape index (κ1) is 22.5. The maximum atomic E-state index is 12.0. The minimum Gasteiger partial charge on any atom is -0.425 e. The monoisotopic (exact) mass is 514 g/mol. The highest BCUT2D eigenvalue weighted by Gasteiger charge is 2.18. The summed E-state index contributed by atoms with van der Waals surface area (Å²) in [6.07, 6.45) is 3.49. The van der Waals surface area contributed by atoms with Crippen LogP contribution in [0.2, 0.25) is 0 Å². The highest BCUT2D eigenvalue weighted by molar-refractivity contribution is 7.32. The summed E-state index contributed by atoms with van der Waals surface area (Å²) in [4.78, 5) is 28.8. The van der Waals surface area contributed by atoms with Crippen LogP contribution in [0.5, 0.6) is 5.75 Å². The molecule has 7 aromatic rings. The van der Waals surface area contributed by atoms with E-state index in [1.807, 2.05) is 91.0 Å². The van der Waals surface area contributed by atoms with E-state index in [1.165, 1.54) is 0 Å². The van der Waals surface area contributed by atoms with Gasteiger partial charge in [0.2, 0.25) is 0 Å². The Morgan fingerprint density at radius 1 is 0.553 bits per heavy atom. The number of nitrogens with zero attached hydrogens (tertiary/aromatic N) is 4. The van der Waals surface area contributed by atoms with Gasteiger partial charge in [0.05, 0.1) is 33.5 Å². The number of fused-ring (bicyclic) bond motifs is 6. The van der Waals surface area contributed by atoms with Gasteiger partial charge < -0.3 is 9.42 Å². The molecule has 1 atom stereocenters. The fourth-order valence-corrected chi connectivity index (χ4v) is 5.28. The van der Waals surface area contributed by atoms with Crippen LogP contribution in [0.3, 0.4) is 0 Å².